The molecule has 0 bridgehead atoms. The van der Waals surface area contributed by atoms with E-state index in [1.165, 1.54) is 0 Å². The molecule has 1 aromatic carbocycles. The number of anilines is 1. The maximum Gasteiger partial charge on any atom is 0.250 e. The van der Waals surface area contributed by atoms with Crippen LogP contribution in [0.5, 0.6) is 0 Å². The van der Waals surface area contributed by atoms with E-state index in [9.17, 15) is 14.7 Å². The van der Waals surface area contributed by atoms with Gasteiger partial charge < -0.3 is 15.3 Å². The predicted octanol–water partition coefficient (Wildman–Crippen LogP) is 0.521. The number of para-hydroxylation sites is 1. The van der Waals surface area contributed by atoms with Crippen molar-refractivity contribution in [2.24, 2.45) is 5.92 Å². The van der Waals surface area contributed by atoms with Gasteiger partial charge in [0.1, 0.15) is 5.54 Å². The minimum absolute atomic E-state index is 0.0153. The standard InChI is InChI=1S/C18H21N3O3/c22-12-9-20(10-12)16(23)14-8-11-4-3-7-21(11)18(14)13-5-1-2-6-15(13)19-17(18)24/h1-2,5-6,11-12,14,22H,3-4,7-10H2,(H,19,24)/t11-,14+,18+/m1/s1. The van der Waals surface area contributed by atoms with E-state index in [0.717, 1.165) is 37.1 Å². The molecule has 5 rings (SSSR count). The highest BCUT2D eigenvalue weighted by Gasteiger charge is 2.66. The number of amides is 2. The van der Waals surface area contributed by atoms with E-state index in [0.29, 0.717) is 19.1 Å². The van der Waals surface area contributed by atoms with E-state index in [1.54, 1.807) is 4.90 Å². The molecule has 0 saturated carbocycles. The third kappa shape index (κ3) is 1.62. The summed E-state index contributed by atoms with van der Waals surface area (Å²) < 4.78 is 0. The number of fused-ring (bicyclic) bond motifs is 4. The molecular formula is C18H21N3O3. The van der Waals surface area contributed by atoms with Crippen LogP contribution >= 0.6 is 0 Å². The number of nitrogens with one attached hydrogen (secondary N) is 1. The number of carbonyl (C=O) groups is 2. The van der Waals surface area contributed by atoms with E-state index < -0.39 is 11.6 Å². The smallest absolute Gasteiger partial charge is 0.250 e. The summed E-state index contributed by atoms with van der Waals surface area (Å²) in [6, 6.07) is 8.05. The molecule has 2 N–H and O–H groups in total. The van der Waals surface area contributed by atoms with Gasteiger partial charge in [-0.3, -0.25) is 14.5 Å². The lowest BCUT2D eigenvalue weighted by Crippen LogP contribution is -2.60. The molecule has 0 aromatic heterocycles. The molecule has 0 radical (unpaired) electrons. The lowest BCUT2D eigenvalue weighted by molar-refractivity contribution is -0.152. The highest BCUT2D eigenvalue weighted by molar-refractivity contribution is 6.09. The van der Waals surface area contributed by atoms with Crippen LogP contribution < -0.4 is 5.32 Å². The van der Waals surface area contributed by atoms with E-state index in [2.05, 4.69) is 10.2 Å². The van der Waals surface area contributed by atoms with Gasteiger partial charge in [0.2, 0.25) is 11.8 Å². The van der Waals surface area contributed by atoms with Gasteiger partial charge >= 0.3 is 0 Å². The summed E-state index contributed by atoms with van der Waals surface area (Å²) in [7, 11) is 0. The average molecular weight is 327 g/mol. The molecule has 126 valence electrons. The van der Waals surface area contributed by atoms with Crippen LogP contribution in [0.1, 0.15) is 24.8 Å². The van der Waals surface area contributed by atoms with Crippen LogP contribution in [0, 0.1) is 5.92 Å². The maximum atomic E-state index is 13.1. The minimum atomic E-state index is -0.866. The minimum Gasteiger partial charge on any atom is -0.389 e. The zero-order valence-corrected chi connectivity index (χ0v) is 13.4. The monoisotopic (exact) mass is 327 g/mol. The molecular weight excluding hydrogens is 306 g/mol. The molecule has 4 aliphatic heterocycles. The normalized spacial score (nSPS) is 35.0. The Morgan fingerprint density at radius 2 is 2.08 bits per heavy atom. The number of nitrogens with zero attached hydrogens (tertiary/aromatic N) is 2. The summed E-state index contributed by atoms with van der Waals surface area (Å²) >= 11 is 0. The Kier molecular flexibility index (Phi) is 2.89. The molecule has 3 saturated heterocycles. The lowest BCUT2D eigenvalue weighted by Gasteiger charge is -2.42. The van der Waals surface area contributed by atoms with Crippen LogP contribution in [0.25, 0.3) is 0 Å². The third-order valence-electron chi connectivity index (χ3n) is 6.25. The van der Waals surface area contributed by atoms with Crippen molar-refractivity contribution in [3.63, 3.8) is 0 Å². The van der Waals surface area contributed by atoms with Gasteiger partial charge in [-0.25, -0.2) is 0 Å². The highest BCUT2D eigenvalue weighted by atomic mass is 16.3. The first-order chi connectivity index (χ1) is 11.6. The van der Waals surface area contributed by atoms with E-state index in [1.807, 2.05) is 24.3 Å². The first-order valence-corrected chi connectivity index (χ1v) is 8.77. The number of likely N-dealkylation sites (tertiary alicyclic amines) is 1. The Bertz CT molecular complexity index is 730. The van der Waals surface area contributed by atoms with Gasteiger partial charge in [0.05, 0.1) is 12.0 Å². The summed E-state index contributed by atoms with van der Waals surface area (Å²) in [5, 5.41) is 12.6. The number of aliphatic hydroxyl groups excluding tert-OH is 1. The number of benzene rings is 1. The number of aliphatic hydroxyl groups is 1. The summed E-state index contributed by atoms with van der Waals surface area (Å²) in [6.07, 6.45) is 2.43. The fraction of sp³-hybridized carbons (Fsp3) is 0.556. The quantitative estimate of drug-likeness (QED) is 0.789. The van der Waals surface area contributed by atoms with E-state index in [4.69, 9.17) is 0 Å². The van der Waals surface area contributed by atoms with Crippen molar-refractivity contribution >= 4 is 17.5 Å². The van der Waals surface area contributed by atoms with Crippen LogP contribution in [0.2, 0.25) is 0 Å². The molecule has 4 aliphatic rings. The maximum absolute atomic E-state index is 13.1. The Balaban J connectivity index is 1.62. The molecule has 4 heterocycles. The second-order valence-corrected chi connectivity index (χ2v) is 7.44. The molecule has 3 atom stereocenters. The Hall–Kier alpha value is -1.92. The molecule has 1 aromatic rings. The van der Waals surface area contributed by atoms with E-state index in [-0.39, 0.29) is 17.7 Å². The fourth-order valence-electron chi connectivity index (χ4n) is 5.22. The zero-order chi connectivity index (χ0) is 16.5. The molecule has 1 spiro atoms. The predicted molar refractivity (Wildman–Crippen MR) is 87.2 cm³/mol. The molecule has 0 aliphatic carbocycles. The van der Waals surface area contributed by atoms with Crippen molar-refractivity contribution in [2.45, 2.75) is 36.9 Å². The van der Waals surface area contributed by atoms with Crippen LogP contribution in [-0.4, -0.2) is 58.5 Å². The Morgan fingerprint density at radius 3 is 2.88 bits per heavy atom. The zero-order valence-electron chi connectivity index (χ0n) is 13.4. The first kappa shape index (κ1) is 14.4. The Labute approximate surface area is 140 Å². The van der Waals surface area contributed by atoms with Gasteiger partial charge in [-0.1, -0.05) is 18.2 Å². The van der Waals surface area contributed by atoms with Gasteiger partial charge in [-0.2, -0.15) is 0 Å². The summed E-state index contributed by atoms with van der Waals surface area (Å²) in [6.45, 7) is 1.64. The molecule has 2 amide bonds. The second-order valence-electron chi connectivity index (χ2n) is 7.44. The van der Waals surface area contributed by atoms with Gasteiger partial charge in [0.15, 0.2) is 0 Å². The number of rotatable bonds is 1. The van der Waals surface area contributed by atoms with Crippen molar-refractivity contribution in [1.82, 2.24) is 9.80 Å². The molecule has 24 heavy (non-hydrogen) atoms. The number of β-amino-alcohol motifs (C(OH)–C–C–N with tert-alkyl or cyclic N) is 1. The first-order valence-electron chi connectivity index (χ1n) is 8.77. The number of carbonyl (C=O) groups excluding carboxylic acids is 2. The number of hydrogen-bond acceptors (Lipinski definition) is 4. The second kappa shape index (κ2) is 4.80. The van der Waals surface area contributed by atoms with Gasteiger partial charge in [-0.15, -0.1) is 0 Å². The fourth-order valence-corrected chi connectivity index (χ4v) is 5.22. The van der Waals surface area contributed by atoms with Gasteiger partial charge in [0.25, 0.3) is 0 Å². The van der Waals surface area contributed by atoms with Crippen molar-refractivity contribution in [2.75, 3.05) is 25.0 Å². The van der Waals surface area contributed by atoms with Crippen molar-refractivity contribution in [3.05, 3.63) is 29.8 Å². The SMILES string of the molecule is O=C([C@@H]1C[C@H]2CCCN2[C@]12C(=O)Nc1ccccc12)N1CC(O)C1. The van der Waals surface area contributed by atoms with Crippen LogP contribution in [0.15, 0.2) is 24.3 Å². The van der Waals surface area contributed by atoms with Crippen molar-refractivity contribution < 1.29 is 14.7 Å². The summed E-state index contributed by atoms with van der Waals surface area (Å²) in [5.41, 5.74) is 0.908. The summed E-state index contributed by atoms with van der Waals surface area (Å²) in [5.74, 6) is -0.409. The average Bonchev–Trinajstić information content (AvgIpc) is 3.19. The van der Waals surface area contributed by atoms with Gasteiger partial charge in [-0.05, 0) is 31.9 Å². The molecule has 3 fully saturated rings. The highest BCUT2D eigenvalue weighted by Crippen LogP contribution is 2.55. The van der Waals surface area contributed by atoms with Crippen LogP contribution in [0.3, 0.4) is 0 Å². The van der Waals surface area contributed by atoms with E-state index >= 15 is 0 Å². The molecule has 0 unspecified atom stereocenters. The molecule has 6 heteroatoms. The van der Waals surface area contributed by atoms with Crippen molar-refractivity contribution in [1.29, 1.82) is 0 Å². The lowest BCUT2D eigenvalue weighted by atomic mass is 9.77. The third-order valence-corrected chi connectivity index (χ3v) is 6.25. The van der Waals surface area contributed by atoms with Crippen molar-refractivity contribution in [3.8, 4) is 0 Å². The van der Waals surface area contributed by atoms with Crippen LogP contribution in [0.4, 0.5) is 5.69 Å². The summed E-state index contributed by atoms with van der Waals surface area (Å²) in [4.78, 5) is 30.2. The topological polar surface area (TPSA) is 72.9 Å². The Morgan fingerprint density at radius 1 is 1.29 bits per heavy atom. The molecule has 6 nitrogen and oxygen atoms in total. The van der Waals surface area contributed by atoms with Gasteiger partial charge in [0, 0.05) is 30.4 Å². The number of hydrogen-bond donors (Lipinski definition) is 2. The largest absolute Gasteiger partial charge is 0.389 e. The van der Waals surface area contributed by atoms with Crippen LogP contribution in [-0.2, 0) is 15.1 Å².